The molecule has 1 aromatic carbocycles. The molecule has 0 bridgehead atoms. The summed E-state index contributed by atoms with van der Waals surface area (Å²) >= 11 is 0. The summed E-state index contributed by atoms with van der Waals surface area (Å²) in [5.74, 6) is 1.05. The zero-order valence-electron chi connectivity index (χ0n) is 13.4. The molecule has 22 heavy (non-hydrogen) atoms. The number of benzene rings is 1. The molecule has 0 fully saturated rings. The first-order valence-corrected chi connectivity index (χ1v) is 7.69. The minimum Gasteiger partial charge on any atom is -0.347 e. The minimum absolute atomic E-state index is 0.0114. The number of anilines is 2. The van der Waals surface area contributed by atoms with Gasteiger partial charge in [0.2, 0.25) is 5.91 Å². The lowest BCUT2D eigenvalue weighted by molar-refractivity contribution is -0.115. The Morgan fingerprint density at radius 2 is 1.86 bits per heavy atom. The smallest absolute Gasteiger partial charge is 0.243 e. The highest BCUT2D eigenvalue weighted by Gasteiger charge is 2.20. The molecule has 0 unspecified atom stereocenters. The Labute approximate surface area is 130 Å². The molecule has 0 radical (unpaired) electrons. The highest BCUT2D eigenvalue weighted by Crippen LogP contribution is 2.21. The first kappa shape index (κ1) is 14.6. The summed E-state index contributed by atoms with van der Waals surface area (Å²) in [6.45, 7) is 8.24. The Balaban J connectivity index is 1.70. The lowest BCUT2D eigenvalue weighted by atomic mass is 10.1. The number of hydrogen-bond donors (Lipinski definition) is 1. The molecule has 2 aromatic rings. The summed E-state index contributed by atoms with van der Waals surface area (Å²) in [7, 11) is 0. The number of carbonyl (C=O) groups is 1. The third-order valence-corrected chi connectivity index (χ3v) is 3.84. The largest absolute Gasteiger partial charge is 0.347 e. The van der Waals surface area contributed by atoms with Gasteiger partial charge in [0.25, 0.3) is 0 Å². The molecule has 1 aromatic heterocycles. The Hall–Kier alpha value is -2.30. The van der Waals surface area contributed by atoms with Crippen molar-refractivity contribution in [1.29, 1.82) is 0 Å². The van der Waals surface area contributed by atoms with E-state index in [4.69, 9.17) is 0 Å². The van der Waals surface area contributed by atoms with E-state index < -0.39 is 0 Å². The molecule has 0 aliphatic carbocycles. The number of nitrogens with one attached hydrogen (secondary N) is 1. The van der Waals surface area contributed by atoms with Crippen molar-refractivity contribution in [2.24, 2.45) is 0 Å². The van der Waals surface area contributed by atoms with E-state index in [1.807, 2.05) is 43.7 Å². The molecule has 0 saturated carbocycles. The van der Waals surface area contributed by atoms with Crippen molar-refractivity contribution in [3.63, 3.8) is 0 Å². The van der Waals surface area contributed by atoms with Crippen LogP contribution in [-0.2, 0) is 11.3 Å². The first-order valence-electron chi connectivity index (χ1n) is 7.69. The lowest BCUT2D eigenvalue weighted by Gasteiger charge is -2.28. The van der Waals surface area contributed by atoms with E-state index in [-0.39, 0.29) is 5.91 Å². The van der Waals surface area contributed by atoms with Crippen molar-refractivity contribution in [2.45, 2.75) is 33.7 Å². The topological polar surface area (TPSA) is 50.2 Å². The van der Waals surface area contributed by atoms with Gasteiger partial charge in [-0.25, -0.2) is 4.68 Å². The summed E-state index contributed by atoms with van der Waals surface area (Å²) in [5.41, 5.74) is 4.17. The first-order chi connectivity index (χ1) is 10.5. The van der Waals surface area contributed by atoms with Crippen molar-refractivity contribution in [3.05, 3.63) is 41.1 Å². The van der Waals surface area contributed by atoms with E-state index in [0.717, 1.165) is 47.8 Å². The van der Waals surface area contributed by atoms with Crippen molar-refractivity contribution >= 4 is 17.4 Å². The molecule has 5 heteroatoms. The molecule has 1 aliphatic rings. The highest BCUT2D eigenvalue weighted by molar-refractivity contribution is 5.94. The molecule has 1 aliphatic heterocycles. The Morgan fingerprint density at radius 1 is 1.14 bits per heavy atom. The van der Waals surface area contributed by atoms with Crippen LogP contribution in [0, 0.1) is 20.8 Å². The van der Waals surface area contributed by atoms with E-state index in [0.29, 0.717) is 6.54 Å². The highest BCUT2D eigenvalue weighted by atomic mass is 16.2. The van der Waals surface area contributed by atoms with Gasteiger partial charge in [0, 0.05) is 24.8 Å². The van der Waals surface area contributed by atoms with Crippen LogP contribution in [-0.4, -0.2) is 28.8 Å². The summed E-state index contributed by atoms with van der Waals surface area (Å²) < 4.78 is 1.99. The van der Waals surface area contributed by atoms with Gasteiger partial charge in [-0.3, -0.25) is 4.79 Å². The van der Waals surface area contributed by atoms with Gasteiger partial charge in [-0.1, -0.05) is 6.07 Å². The number of aromatic nitrogens is 2. The maximum Gasteiger partial charge on any atom is 0.243 e. The van der Waals surface area contributed by atoms with Crippen LogP contribution < -0.4 is 10.2 Å². The predicted octanol–water partition coefficient (Wildman–Crippen LogP) is 2.66. The van der Waals surface area contributed by atoms with Crippen LogP contribution in [0.15, 0.2) is 24.3 Å². The third-order valence-electron chi connectivity index (χ3n) is 3.84. The molecule has 1 amide bonds. The van der Waals surface area contributed by atoms with Crippen LogP contribution >= 0.6 is 0 Å². The number of nitrogens with zero attached hydrogens (tertiary/aromatic N) is 3. The number of amides is 1. The van der Waals surface area contributed by atoms with E-state index in [1.165, 1.54) is 0 Å². The maximum absolute atomic E-state index is 12.3. The molecule has 1 N–H and O–H groups in total. The van der Waals surface area contributed by atoms with Crippen molar-refractivity contribution in [2.75, 3.05) is 23.3 Å². The normalized spacial score (nSPS) is 13.9. The van der Waals surface area contributed by atoms with E-state index >= 15 is 0 Å². The lowest BCUT2D eigenvalue weighted by Crippen LogP contribution is -2.38. The molecular weight excluding hydrogens is 276 g/mol. The van der Waals surface area contributed by atoms with Gasteiger partial charge in [-0.05, 0) is 50.5 Å². The van der Waals surface area contributed by atoms with Crippen LogP contribution in [0.25, 0.3) is 0 Å². The zero-order chi connectivity index (χ0) is 15.7. The molecule has 0 atom stereocenters. The molecule has 116 valence electrons. The standard InChI is InChI=1S/C17H22N4O/c1-12-7-13(2)9-15(8-12)18-16(22)11-20-5-4-6-21-17(20)10-14(3)19-21/h7-10H,4-6,11H2,1-3H3,(H,18,22). The number of fused-ring (bicyclic) bond motifs is 1. The summed E-state index contributed by atoms with van der Waals surface area (Å²) in [5, 5.41) is 7.46. The van der Waals surface area contributed by atoms with E-state index in [2.05, 4.69) is 21.4 Å². The van der Waals surface area contributed by atoms with Gasteiger partial charge in [-0.15, -0.1) is 0 Å². The molecule has 2 heterocycles. The van der Waals surface area contributed by atoms with Crippen LogP contribution in [0.2, 0.25) is 0 Å². The second kappa shape index (κ2) is 5.83. The fraction of sp³-hybridized carbons (Fsp3) is 0.412. The average Bonchev–Trinajstić information content (AvgIpc) is 2.78. The van der Waals surface area contributed by atoms with Crippen LogP contribution in [0.4, 0.5) is 11.5 Å². The monoisotopic (exact) mass is 298 g/mol. The molecule has 0 saturated heterocycles. The van der Waals surface area contributed by atoms with Gasteiger partial charge in [0.15, 0.2) is 0 Å². The minimum atomic E-state index is 0.0114. The zero-order valence-corrected chi connectivity index (χ0v) is 13.4. The second-order valence-electron chi connectivity index (χ2n) is 6.07. The Kier molecular flexibility index (Phi) is 3.88. The average molecular weight is 298 g/mol. The van der Waals surface area contributed by atoms with E-state index in [9.17, 15) is 4.79 Å². The summed E-state index contributed by atoms with van der Waals surface area (Å²) in [6.07, 6.45) is 1.02. The van der Waals surface area contributed by atoms with Gasteiger partial charge < -0.3 is 10.2 Å². The molecule has 0 spiro atoms. The third kappa shape index (κ3) is 3.13. The molecule has 5 nitrogen and oxygen atoms in total. The summed E-state index contributed by atoms with van der Waals surface area (Å²) in [4.78, 5) is 14.4. The second-order valence-corrected chi connectivity index (χ2v) is 6.07. The van der Waals surface area contributed by atoms with Gasteiger partial charge in [0.1, 0.15) is 5.82 Å². The quantitative estimate of drug-likeness (QED) is 0.948. The predicted molar refractivity (Wildman–Crippen MR) is 88.3 cm³/mol. The number of carbonyl (C=O) groups excluding carboxylic acids is 1. The van der Waals surface area contributed by atoms with Crippen LogP contribution in [0.3, 0.4) is 0 Å². The fourth-order valence-electron chi connectivity index (χ4n) is 3.06. The van der Waals surface area contributed by atoms with Crippen LogP contribution in [0.5, 0.6) is 0 Å². The number of aryl methyl sites for hydroxylation is 4. The maximum atomic E-state index is 12.3. The fourth-order valence-corrected chi connectivity index (χ4v) is 3.06. The van der Waals surface area contributed by atoms with Gasteiger partial charge in [0.05, 0.1) is 12.2 Å². The van der Waals surface area contributed by atoms with Crippen molar-refractivity contribution in [1.82, 2.24) is 9.78 Å². The number of rotatable bonds is 3. The van der Waals surface area contributed by atoms with Crippen molar-refractivity contribution < 1.29 is 4.79 Å². The Morgan fingerprint density at radius 3 is 2.59 bits per heavy atom. The van der Waals surface area contributed by atoms with Crippen LogP contribution in [0.1, 0.15) is 23.2 Å². The van der Waals surface area contributed by atoms with Gasteiger partial charge >= 0.3 is 0 Å². The van der Waals surface area contributed by atoms with Gasteiger partial charge in [-0.2, -0.15) is 5.10 Å². The van der Waals surface area contributed by atoms with Crippen molar-refractivity contribution in [3.8, 4) is 0 Å². The summed E-state index contributed by atoms with van der Waals surface area (Å²) in [6, 6.07) is 8.13. The SMILES string of the molecule is Cc1cc(C)cc(NC(=O)CN2CCCn3nc(C)cc32)c1. The molecular formula is C17H22N4O. The molecule has 3 rings (SSSR count). The number of hydrogen-bond acceptors (Lipinski definition) is 3. The Bertz CT molecular complexity index is 684. The van der Waals surface area contributed by atoms with E-state index in [1.54, 1.807) is 0 Å².